The van der Waals surface area contributed by atoms with Gasteiger partial charge in [-0.25, -0.2) is 0 Å². The van der Waals surface area contributed by atoms with E-state index in [1.54, 1.807) is 0 Å². The zero-order chi connectivity index (χ0) is 33.0. The van der Waals surface area contributed by atoms with E-state index in [-0.39, 0.29) is 5.41 Å². The predicted octanol–water partition coefficient (Wildman–Crippen LogP) is 12.3. The molecule has 236 valence electrons. The molecule has 2 heteroatoms. The standard InChI is InChI=1S/C47H38N2/c1-29-20-23-38-40(26-29)47(2,3)41-28-45(34-14-7-8-16-37(34)46(38)41)49(31-22-25-43-39(27-31)35-15-9-10-18-42(35)48(43)4)44-19-11-17-33-32-13-6-5-12-30(32)21-24-36(33)44/h5-20,22-23,25-28H,21,24H2,1-4H3. The van der Waals surface area contributed by atoms with Gasteiger partial charge >= 0.3 is 0 Å². The fourth-order valence-corrected chi connectivity index (χ4v) is 9.13. The lowest BCUT2D eigenvalue weighted by atomic mass is 9.81. The zero-order valence-corrected chi connectivity index (χ0v) is 28.5. The van der Waals surface area contributed by atoms with Crippen molar-refractivity contribution in [3.05, 3.63) is 161 Å². The van der Waals surface area contributed by atoms with Crippen LogP contribution in [-0.2, 0) is 25.3 Å². The lowest BCUT2D eigenvalue weighted by molar-refractivity contribution is 0.660. The molecule has 1 heterocycles. The van der Waals surface area contributed by atoms with Gasteiger partial charge in [0.25, 0.3) is 0 Å². The fourth-order valence-electron chi connectivity index (χ4n) is 9.13. The van der Waals surface area contributed by atoms with Crippen LogP contribution in [0.15, 0.2) is 133 Å². The molecule has 0 N–H and O–H groups in total. The molecule has 2 aliphatic carbocycles. The normalized spacial score (nSPS) is 14.1. The summed E-state index contributed by atoms with van der Waals surface area (Å²) in [6.07, 6.45) is 2.05. The van der Waals surface area contributed by atoms with Gasteiger partial charge in [0, 0.05) is 51.0 Å². The van der Waals surface area contributed by atoms with E-state index in [2.05, 4.69) is 171 Å². The number of fused-ring (bicyclic) bond motifs is 11. The number of aromatic nitrogens is 1. The average molecular weight is 631 g/mol. The van der Waals surface area contributed by atoms with E-state index in [9.17, 15) is 0 Å². The lowest BCUT2D eigenvalue weighted by Gasteiger charge is -2.33. The predicted molar refractivity (Wildman–Crippen MR) is 208 cm³/mol. The molecule has 0 bridgehead atoms. The molecule has 2 nitrogen and oxygen atoms in total. The van der Waals surface area contributed by atoms with Crippen molar-refractivity contribution in [3.8, 4) is 22.3 Å². The van der Waals surface area contributed by atoms with Crippen molar-refractivity contribution in [2.45, 2.75) is 39.0 Å². The van der Waals surface area contributed by atoms with Crippen molar-refractivity contribution in [1.82, 2.24) is 4.57 Å². The van der Waals surface area contributed by atoms with Crippen molar-refractivity contribution in [2.75, 3.05) is 4.90 Å². The second-order valence-electron chi connectivity index (χ2n) is 14.6. The first-order valence-corrected chi connectivity index (χ1v) is 17.6. The number of anilines is 3. The third kappa shape index (κ3) is 3.95. The number of aryl methyl sites for hydroxylation is 3. The Morgan fingerprint density at radius 3 is 2.16 bits per heavy atom. The molecule has 8 aromatic rings. The van der Waals surface area contributed by atoms with Crippen LogP contribution in [0.4, 0.5) is 17.1 Å². The molecule has 0 spiro atoms. The van der Waals surface area contributed by atoms with Gasteiger partial charge in [0.1, 0.15) is 0 Å². The van der Waals surface area contributed by atoms with E-state index in [0.717, 1.165) is 12.8 Å². The smallest absolute Gasteiger partial charge is 0.0543 e. The second kappa shape index (κ2) is 10.2. The van der Waals surface area contributed by atoms with Crippen LogP contribution in [-0.4, -0.2) is 4.57 Å². The van der Waals surface area contributed by atoms with Gasteiger partial charge in [0.2, 0.25) is 0 Å². The molecule has 7 aromatic carbocycles. The van der Waals surface area contributed by atoms with Gasteiger partial charge in [0.15, 0.2) is 0 Å². The van der Waals surface area contributed by atoms with Crippen molar-refractivity contribution in [1.29, 1.82) is 0 Å². The van der Waals surface area contributed by atoms with E-state index >= 15 is 0 Å². The summed E-state index contributed by atoms with van der Waals surface area (Å²) < 4.78 is 2.33. The Morgan fingerprint density at radius 2 is 1.29 bits per heavy atom. The first-order valence-electron chi connectivity index (χ1n) is 17.6. The molecule has 0 atom stereocenters. The summed E-state index contributed by atoms with van der Waals surface area (Å²) in [5.74, 6) is 0. The van der Waals surface area contributed by atoms with Crippen LogP contribution in [0.2, 0.25) is 0 Å². The summed E-state index contributed by atoms with van der Waals surface area (Å²) in [5, 5.41) is 5.16. The molecule has 0 fully saturated rings. The maximum absolute atomic E-state index is 2.58. The summed E-state index contributed by atoms with van der Waals surface area (Å²) >= 11 is 0. The Bertz CT molecular complexity index is 2670. The van der Waals surface area contributed by atoms with Crippen LogP contribution in [0, 0.1) is 6.92 Å². The highest BCUT2D eigenvalue weighted by molar-refractivity contribution is 6.12. The van der Waals surface area contributed by atoms with Gasteiger partial charge in [-0.1, -0.05) is 116 Å². The fraction of sp³-hybridized carbons (Fsp3) is 0.149. The Labute approximate surface area is 287 Å². The first-order chi connectivity index (χ1) is 23.9. The molecule has 2 aliphatic rings. The molecular formula is C47H38N2. The maximum Gasteiger partial charge on any atom is 0.0543 e. The van der Waals surface area contributed by atoms with E-state index in [4.69, 9.17) is 0 Å². The number of rotatable bonds is 3. The minimum atomic E-state index is -0.129. The van der Waals surface area contributed by atoms with Crippen LogP contribution >= 0.6 is 0 Å². The third-order valence-electron chi connectivity index (χ3n) is 11.6. The minimum absolute atomic E-state index is 0.129. The lowest BCUT2D eigenvalue weighted by Crippen LogP contribution is -2.18. The maximum atomic E-state index is 2.58. The highest BCUT2D eigenvalue weighted by atomic mass is 15.1. The summed E-state index contributed by atoms with van der Waals surface area (Å²) in [5.41, 5.74) is 18.5. The van der Waals surface area contributed by atoms with Crippen molar-refractivity contribution in [2.24, 2.45) is 7.05 Å². The van der Waals surface area contributed by atoms with Gasteiger partial charge in [0.05, 0.1) is 5.69 Å². The summed E-state index contributed by atoms with van der Waals surface area (Å²) in [6, 6.07) is 50.4. The van der Waals surface area contributed by atoms with Crippen LogP contribution in [0.5, 0.6) is 0 Å². The largest absolute Gasteiger partial charge is 0.344 e. The second-order valence-corrected chi connectivity index (χ2v) is 14.6. The first kappa shape index (κ1) is 28.4. The Kier molecular flexibility index (Phi) is 5.92. The summed E-state index contributed by atoms with van der Waals surface area (Å²) in [6.45, 7) is 7.03. The summed E-state index contributed by atoms with van der Waals surface area (Å²) in [4.78, 5) is 2.58. The molecule has 1 aromatic heterocycles. The monoisotopic (exact) mass is 630 g/mol. The Hall–Kier alpha value is -5.60. The van der Waals surface area contributed by atoms with E-state index in [0.29, 0.717) is 0 Å². The average Bonchev–Trinajstić information content (AvgIpc) is 3.54. The third-order valence-corrected chi connectivity index (χ3v) is 11.6. The topological polar surface area (TPSA) is 8.17 Å². The molecule has 0 saturated carbocycles. The van der Waals surface area contributed by atoms with E-state index in [1.807, 2.05) is 0 Å². The Balaban J connectivity index is 1.31. The van der Waals surface area contributed by atoms with Gasteiger partial charge < -0.3 is 9.47 Å². The van der Waals surface area contributed by atoms with Crippen molar-refractivity contribution in [3.63, 3.8) is 0 Å². The number of nitrogens with zero attached hydrogens (tertiary/aromatic N) is 2. The molecule has 0 amide bonds. The van der Waals surface area contributed by atoms with Gasteiger partial charge in [-0.3, -0.25) is 0 Å². The molecule has 49 heavy (non-hydrogen) atoms. The summed E-state index contributed by atoms with van der Waals surface area (Å²) in [7, 11) is 2.18. The van der Waals surface area contributed by atoms with Crippen LogP contribution in [0.3, 0.4) is 0 Å². The SMILES string of the molecule is Cc1ccc2c(c1)C(C)(C)c1cc(N(c3ccc4c(c3)c3ccccc3n4C)c3cccc4c3CCc3ccccc3-4)c3ccccc3c1-2. The van der Waals surface area contributed by atoms with Crippen LogP contribution in [0.1, 0.15) is 41.7 Å². The van der Waals surface area contributed by atoms with Gasteiger partial charge in [-0.2, -0.15) is 0 Å². The molecule has 10 rings (SSSR count). The van der Waals surface area contributed by atoms with E-state index in [1.165, 1.54) is 99.7 Å². The number of benzene rings is 7. The van der Waals surface area contributed by atoms with Crippen molar-refractivity contribution >= 4 is 49.6 Å². The van der Waals surface area contributed by atoms with E-state index < -0.39 is 0 Å². The number of para-hydroxylation sites is 1. The molecular weight excluding hydrogens is 593 g/mol. The van der Waals surface area contributed by atoms with Crippen molar-refractivity contribution < 1.29 is 0 Å². The Morgan fingerprint density at radius 1 is 0.551 bits per heavy atom. The zero-order valence-electron chi connectivity index (χ0n) is 28.5. The molecule has 0 unspecified atom stereocenters. The van der Waals surface area contributed by atoms with Crippen LogP contribution < -0.4 is 4.90 Å². The highest BCUT2D eigenvalue weighted by Gasteiger charge is 2.38. The molecule has 0 aliphatic heterocycles. The number of hydrogen-bond donors (Lipinski definition) is 0. The quantitative estimate of drug-likeness (QED) is 0.189. The van der Waals surface area contributed by atoms with Gasteiger partial charge in [-0.15, -0.1) is 0 Å². The molecule has 0 saturated heterocycles. The minimum Gasteiger partial charge on any atom is -0.344 e. The van der Waals surface area contributed by atoms with Gasteiger partial charge in [-0.05, 0) is 106 Å². The number of hydrogen-bond acceptors (Lipinski definition) is 1. The van der Waals surface area contributed by atoms with Crippen LogP contribution in [0.25, 0.3) is 54.8 Å². The highest BCUT2D eigenvalue weighted by Crippen LogP contribution is 2.55. The molecule has 0 radical (unpaired) electrons.